The largest absolute Gasteiger partial charge is 0.372 e. The van der Waals surface area contributed by atoms with Gasteiger partial charge in [-0.3, -0.25) is 0 Å². The van der Waals surface area contributed by atoms with Crippen LogP contribution >= 0.6 is 33.9 Å². The van der Waals surface area contributed by atoms with Crippen molar-refractivity contribution in [2.45, 2.75) is 25.7 Å². The van der Waals surface area contributed by atoms with Crippen LogP contribution in [0, 0.1) is 10.5 Å². The van der Waals surface area contributed by atoms with E-state index in [1.807, 2.05) is 7.05 Å². The van der Waals surface area contributed by atoms with Crippen LogP contribution in [0.5, 0.6) is 0 Å². The highest BCUT2D eigenvalue weighted by atomic mass is 127. The minimum atomic E-state index is 0.645. The maximum absolute atomic E-state index is 4.78. The van der Waals surface area contributed by atoms with Crippen LogP contribution in [0.3, 0.4) is 0 Å². The minimum absolute atomic E-state index is 0.645. The standard InChI is InChI=1S/C13H14IN3S/c1-7-3-6-9(18-7)12-16-11(8-4-5-8)10(14)13(15-2)17-12/h3,6,8H,4-5H2,1-2H3,(H,15,16,17). The molecule has 1 N–H and O–H groups in total. The molecule has 1 aliphatic carbocycles. The van der Waals surface area contributed by atoms with Gasteiger partial charge in [0.2, 0.25) is 0 Å². The fourth-order valence-corrected chi connectivity index (χ4v) is 3.68. The number of anilines is 1. The Morgan fingerprint density at radius 3 is 2.67 bits per heavy atom. The number of aromatic nitrogens is 2. The molecule has 2 heterocycles. The van der Waals surface area contributed by atoms with E-state index in [9.17, 15) is 0 Å². The van der Waals surface area contributed by atoms with Gasteiger partial charge in [0.05, 0.1) is 14.1 Å². The third kappa shape index (κ3) is 2.25. The molecule has 0 bridgehead atoms. The lowest BCUT2D eigenvalue weighted by Gasteiger charge is -2.09. The van der Waals surface area contributed by atoms with E-state index in [-0.39, 0.29) is 0 Å². The molecule has 1 saturated carbocycles. The molecule has 3 nitrogen and oxygen atoms in total. The number of rotatable bonds is 3. The molecule has 0 aromatic carbocycles. The molecular formula is C13H14IN3S. The van der Waals surface area contributed by atoms with Crippen LogP contribution in [0.2, 0.25) is 0 Å². The van der Waals surface area contributed by atoms with E-state index in [1.165, 1.54) is 27.0 Å². The number of thiophene rings is 1. The van der Waals surface area contributed by atoms with Crippen LogP contribution in [0.4, 0.5) is 5.82 Å². The molecule has 0 radical (unpaired) electrons. The number of hydrogen-bond acceptors (Lipinski definition) is 4. The first-order chi connectivity index (χ1) is 8.69. The summed E-state index contributed by atoms with van der Waals surface area (Å²) < 4.78 is 1.18. The van der Waals surface area contributed by atoms with Crippen LogP contribution < -0.4 is 5.32 Å². The zero-order valence-electron chi connectivity index (χ0n) is 10.3. The van der Waals surface area contributed by atoms with E-state index >= 15 is 0 Å². The average Bonchev–Trinajstić information content (AvgIpc) is 3.12. The van der Waals surface area contributed by atoms with E-state index in [0.717, 1.165) is 16.5 Å². The molecule has 0 amide bonds. The Labute approximate surface area is 124 Å². The molecule has 2 aromatic heterocycles. The Morgan fingerprint density at radius 1 is 1.33 bits per heavy atom. The van der Waals surface area contributed by atoms with Crippen molar-refractivity contribution in [2.24, 2.45) is 0 Å². The molecule has 0 unspecified atom stereocenters. The van der Waals surface area contributed by atoms with E-state index in [4.69, 9.17) is 4.98 Å². The second-order valence-corrected chi connectivity index (χ2v) is 6.90. The first kappa shape index (κ1) is 12.3. The maximum Gasteiger partial charge on any atom is 0.171 e. The van der Waals surface area contributed by atoms with Gasteiger partial charge in [0.1, 0.15) is 5.82 Å². The lowest BCUT2D eigenvalue weighted by atomic mass is 10.2. The van der Waals surface area contributed by atoms with E-state index in [0.29, 0.717) is 5.92 Å². The second-order valence-electron chi connectivity index (χ2n) is 4.53. The van der Waals surface area contributed by atoms with E-state index < -0.39 is 0 Å². The molecule has 18 heavy (non-hydrogen) atoms. The lowest BCUT2D eigenvalue weighted by molar-refractivity contribution is 0.981. The van der Waals surface area contributed by atoms with Gasteiger partial charge in [-0.05, 0) is 54.5 Å². The van der Waals surface area contributed by atoms with Gasteiger partial charge in [0.25, 0.3) is 0 Å². The van der Waals surface area contributed by atoms with Crippen LogP contribution in [-0.2, 0) is 0 Å². The number of nitrogens with zero attached hydrogens (tertiary/aromatic N) is 2. The summed E-state index contributed by atoms with van der Waals surface area (Å²) in [4.78, 5) is 11.9. The van der Waals surface area contributed by atoms with E-state index in [2.05, 4.69) is 51.9 Å². The molecule has 0 atom stereocenters. The predicted molar refractivity (Wildman–Crippen MR) is 84.3 cm³/mol. The highest BCUT2D eigenvalue weighted by Gasteiger charge is 2.29. The SMILES string of the molecule is CNc1nc(-c2ccc(C)s2)nc(C2CC2)c1I. The normalized spacial score (nSPS) is 14.8. The van der Waals surface area contributed by atoms with Crippen molar-refractivity contribution >= 4 is 39.7 Å². The van der Waals surface area contributed by atoms with E-state index in [1.54, 1.807) is 11.3 Å². The molecule has 5 heteroatoms. The van der Waals surface area contributed by atoms with Crippen molar-refractivity contribution in [3.05, 3.63) is 26.3 Å². The summed E-state index contributed by atoms with van der Waals surface area (Å²) in [6, 6.07) is 4.23. The van der Waals surface area contributed by atoms with Crippen molar-refractivity contribution in [1.82, 2.24) is 9.97 Å². The monoisotopic (exact) mass is 371 g/mol. The second kappa shape index (κ2) is 4.77. The minimum Gasteiger partial charge on any atom is -0.372 e. The van der Waals surface area contributed by atoms with Gasteiger partial charge >= 0.3 is 0 Å². The van der Waals surface area contributed by atoms with Crippen molar-refractivity contribution < 1.29 is 0 Å². The first-order valence-corrected chi connectivity index (χ1v) is 7.90. The molecule has 0 saturated heterocycles. The van der Waals surface area contributed by atoms with Gasteiger partial charge in [-0.1, -0.05) is 0 Å². The molecule has 94 valence electrons. The first-order valence-electron chi connectivity index (χ1n) is 6.01. The lowest BCUT2D eigenvalue weighted by Crippen LogP contribution is -2.04. The summed E-state index contributed by atoms with van der Waals surface area (Å²) in [5.41, 5.74) is 1.22. The van der Waals surface area contributed by atoms with Crippen molar-refractivity contribution in [2.75, 3.05) is 12.4 Å². The fraction of sp³-hybridized carbons (Fsp3) is 0.385. The summed E-state index contributed by atoms with van der Waals surface area (Å²) in [6.45, 7) is 2.11. The molecule has 0 aliphatic heterocycles. The molecule has 3 rings (SSSR count). The molecular weight excluding hydrogens is 357 g/mol. The molecule has 1 fully saturated rings. The maximum atomic E-state index is 4.78. The molecule has 1 aliphatic rings. The number of aryl methyl sites for hydroxylation is 1. The summed E-state index contributed by atoms with van der Waals surface area (Å²) in [7, 11) is 1.92. The van der Waals surface area contributed by atoms with Crippen molar-refractivity contribution in [3.63, 3.8) is 0 Å². The number of halogens is 1. The summed E-state index contributed by atoms with van der Waals surface area (Å²) in [6.07, 6.45) is 2.53. The zero-order chi connectivity index (χ0) is 12.7. The van der Waals surface area contributed by atoms with Gasteiger partial charge in [-0.2, -0.15) is 0 Å². The third-order valence-electron chi connectivity index (χ3n) is 3.04. The smallest absolute Gasteiger partial charge is 0.171 e. The topological polar surface area (TPSA) is 37.8 Å². The van der Waals surface area contributed by atoms with Gasteiger partial charge in [-0.25, -0.2) is 9.97 Å². The fourth-order valence-electron chi connectivity index (χ4n) is 1.92. The Hall–Kier alpha value is -0.690. The third-order valence-corrected chi connectivity index (χ3v) is 5.10. The van der Waals surface area contributed by atoms with Crippen molar-refractivity contribution in [1.29, 1.82) is 0 Å². The summed E-state index contributed by atoms with van der Waals surface area (Å²) >= 11 is 4.10. The van der Waals surface area contributed by atoms with Crippen molar-refractivity contribution in [3.8, 4) is 10.7 Å². The zero-order valence-corrected chi connectivity index (χ0v) is 13.3. The Morgan fingerprint density at radius 2 is 2.11 bits per heavy atom. The Bertz CT molecular complexity index is 590. The highest BCUT2D eigenvalue weighted by Crippen LogP contribution is 2.43. The molecule has 0 spiro atoms. The van der Waals surface area contributed by atoms with Crippen LogP contribution in [0.15, 0.2) is 12.1 Å². The Kier molecular flexibility index (Phi) is 3.27. The van der Waals surface area contributed by atoms with Crippen LogP contribution in [0.25, 0.3) is 10.7 Å². The van der Waals surface area contributed by atoms with Gasteiger partial charge in [-0.15, -0.1) is 11.3 Å². The van der Waals surface area contributed by atoms with Crippen LogP contribution in [0.1, 0.15) is 29.3 Å². The quantitative estimate of drug-likeness (QED) is 0.828. The number of hydrogen-bond donors (Lipinski definition) is 1. The number of nitrogens with one attached hydrogen (secondary N) is 1. The predicted octanol–water partition coefficient (Wildman–Crippen LogP) is 4.04. The van der Waals surface area contributed by atoms with Gasteiger partial charge in [0.15, 0.2) is 5.82 Å². The summed E-state index contributed by atoms with van der Waals surface area (Å²) in [5.74, 6) is 2.46. The van der Waals surface area contributed by atoms with Gasteiger partial charge in [0, 0.05) is 17.8 Å². The summed E-state index contributed by atoms with van der Waals surface area (Å²) in [5, 5.41) is 3.18. The van der Waals surface area contributed by atoms with Crippen LogP contribution in [-0.4, -0.2) is 17.0 Å². The van der Waals surface area contributed by atoms with Gasteiger partial charge < -0.3 is 5.32 Å². The highest BCUT2D eigenvalue weighted by molar-refractivity contribution is 14.1. The molecule has 2 aromatic rings. The average molecular weight is 371 g/mol. The Balaban J connectivity index is 2.12.